The lowest BCUT2D eigenvalue weighted by molar-refractivity contribution is -0.182. The van der Waals surface area contributed by atoms with Gasteiger partial charge in [0.1, 0.15) is 6.10 Å². The Labute approximate surface area is 112 Å². The van der Waals surface area contributed by atoms with Gasteiger partial charge in [0.25, 0.3) is 11.3 Å². The third-order valence-electron chi connectivity index (χ3n) is 3.28. The molecule has 1 aromatic heterocycles. The smallest absolute Gasteiger partial charge is 0.358 e. The van der Waals surface area contributed by atoms with Crippen LogP contribution in [0.4, 0.5) is 0 Å². The Hall–Kier alpha value is -1.97. The van der Waals surface area contributed by atoms with Crippen molar-refractivity contribution < 1.29 is 24.9 Å². The minimum atomic E-state index is -2.15. The van der Waals surface area contributed by atoms with Gasteiger partial charge in [-0.3, -0.25) is 14.3 Å². The highest BCUT2D eigenvalue weighted by Crippen LogP contribution is 2.34. The van der Waals surface area contributed by atoms with Gasteiger partial charge in [-0.2, -0.15) is 0 Å². The number of nitrogens with one attached hydrogen (secondary N) is 1. The highest BCUT2D eigenvalue weighted by atomic mass is 16.6. The van der Waals surface area contributed by atoms with E-state index in [-0.39, 0.29) is 5.56 Å². The number of carbonyl (C=O) groups is 1. The van der Waals surface area contributed by atoms with E-state index >= 15 is 0 Å². The van der Waals surface area contributed by atoms with Gasteiger partial charge in [-0.25, -0.2) is 9.59 Å². The molecule has 20 heavy (non-hydrogen) atoms. The number of ether oxygens (including phenoxy) is 1. The van der Waals surface area contributed by atoms with E-state index in [2.05, 4.69) is 0 Å². The van der Waals surface area contributed by atoms with Crippen LogP contribution < -0.4 is 11.2 Å². The number of aliphatic hydroxyl groups excluding tert-OH is 2. The Kier molecular flexibility index (Phi) is 3.50. The summed E-state index contributed by atoms with van der Waals surface area (Å²) in [6.07, 6.45) is -1.72. The van der Waals surface area contributed by atoms with E-state index in [9.17, 15) is 24.6 Å². The summed E-state index contributed by atoms with van der Waals surface area (Å²) < 4.78 is 5.89. The van der Waals surface area contributed by atoms with Crippen molar-refractivity contribution in [3.8, 4) is 0 Å². The largest absolute Gasteiger partial charge is 0.478 e. The fourth-order valence-corrected chi connectivity index (χ4v) is 2.18. The van der Waals surface area contributed by atoms with E-state index in [1.54, 1.807) is 0 Å². The topological polar surface area (TPSA) is 142 Å². The van der Waals surface area contributed by atoms with E-state index < -0.39 is 48.2 Å². The maximum absolute atomic E-state index is 11.8. The molecule has 110 valence electrons. The Morgan fingerprint density at radius 2 is 2.25 bits per heavy atom. The summed E-state index contributed by atoms with van der Waals surface area (Å²) in [5, 5.41) is 28.1. The normalized spacial score (nSPS) is 29.6. The molecule has 9 heteroatoms. The number of H-pyrrole nitrogens is 1. The first kappa shape index (κ1) is 14.4. The van der Waals surface area contributed by atoms with Gasteiger partial charge < -0.3 is 20.1 Å². The molecule has 1 fully saturated rings. The zero-order chi connectivity index (χ0) is 15.1. The number of aromatic amines is 1. The van der Waals surface area contributed by atoms with Gasteiger partial charge in [-0.15, -0.1) is 0 Å². The Balaban J connectivity index is 2.62. The van der Waals surface area contributed by atoms with Crippen molar-refractivity contribution in [2.24, 2.45) is 0 Å². The molecule has 0 radical (unpaired) electrons. The summed E-state index contributed by atoms with van der Waals surface area (Å²) in [6, 6.07) is 0. The van der Waals surface area contributed by atoms with Crippen molar-refractivity contribution in [1.82, 2.24) is 9.55 Å². The first-order valence-electron chi connectivity index (χ1n) is 5.85. The highest BCUT2D eigenvalue weighted by Gasteiger charge is 2.53. The summed E-state index contributed by atoms with van der Waals surface area (Å²) in [5.41, 5.74) is -3.63. The summed E-state index contributed by atoms with van der Waals surface area (Å²) in [5.74, 6) is -1.50. The number of aryl methyl sites for hydroxylation is 1. The van der Waals surface area contributed by atoms with Gasteiger partial charge in [0.15, 0.2) is 0 Å². The lowest BCUT2D eigenvalue weighted by Crippen LogP contribution is -2.50. The molecule has 0 saturated carbocycles. The SMILES string of the molecule is Cc1cn([C@@]2(C(=O)O)C[C@H](O)[C@@H](CO)O2)c(=O)[nH]c1=O. The zero-order valence-corrected chi connectivity index (χ0v) is 10.6. The van der Waals surface area contributed by atoms with Crippen LogP contribution in [-0.4, -0.2) is 49.7 Å². The number of aliphatic carboxylic acids is 1. The molecule has 1 aliphatic rings. The Bertz CT molecular complexity index is 649. The molecule has 0 amide bonds. The molecule has 1 saturated heterocycles. The van der Waals surface area contributed by atoms with Gasteiger partial charge in [0.05, 0.1) is 12.7 Å². The Morgan fingerprint density at radius 3 is 2.75 bits per heavy atom. The van der Waals surface area contributed by atoms with Crippen LogP contribution in [-0.2, 0) is 15.3 Å². The number of hydrogen-bond acceptors (Lipinski definition) is 6. The molecule has 0 aromatic carbocycles. The van der Waals surface area contributed by atoms with Crippen LogP contribution in [0.2, 0.25) is 0 Å². The number of nitrogens with zero attached hydrogens (tertiary/aromatic N) is 1. The standard InChI is InChI=1S/C11H14N2O7/c1-5-3-13(10(19)12-8(5)16)11(9(17)18)2-6(15)7(4-14)20-11/h3,6-7,14-15H,2,4H2,1H3,(H,17,18)(H,12,16,19)/t6-,7+,11-/m0/s1. The second-order valence-electron chi connectivity index (χ2n) is 4.64. The number of aromatic nitrogens is 2. The molecule has 0 aliphatic carbocycles. The average Bonchev–Trinajstić information content (AvgIpc) is 2.72. The van der Waals surface area contributed by atoms with Crippen molar-refractivity contribution in [1.29, 1.82) is 0 Å². The lowest BCUT2D eigenvalue weighted by atomic mass is 10.1. The maximum Gasteiger partial charge on any atom is 0.358 e. The molecule has 9 nitrogen and oxygen atoms in total. The number of aliphatic hydroxyl groups is 2. The zero-order valence-electron chi connectivity index (χ0n) is 10.6. The van der Waals surface area contributed by atoms with Gasteiger partial charge in [-0.1, -0.05) is 0 Å². The molecule has 0 bridgehead atoms. The third-order valence-corrected chi connectivity index (χ3v) is 3.28. The fourth-order valence-electron chi connectivity index (χ4n) is 2.18. The number of rotatable bonds is 3. The molecule has 2 heterocycles. The third kappa shape index (κ3) is 2.05. The lowest BCUT2D eigenvalue weighted by Gasteiger charge is -2.26. The summed E-state index contributed by atoms with van der Waals surface area (Å²) in [4.78, 5) is 36.6. The predicted octanol–water partition coefficient (Wildman–Crippen LogP) is -2.28. The van der Waals surface area contributed by atoms with E-state index in [0.717, 1.165) is 6.20 Å². The first-order valence-corrected chi connectivity index (χ1v) is 5.85. The van der Waals surface area contributed by atoms with E-state index in [0.29, 0.717) is 4.57 Å². The van der Waals surface area contributed by atoms with Crippen LogP contribution in [0.1, 0.15) is 12.0 Å². The van der Waals surface area contributed by atoms with Crippen LogP contribution in [0, 0.1) is 6.92 Å². The van der Waals surface area contributed by atoms with Crippen LogP contribution in [0.25, 0.3) is 0 Å². The maximum atomic E-state index is 11.8. The quantitative estimate of drug-likeness (QED) is 0.490. The van der Waals surface area contributed by atoms with Crippen molar-refractivity contribution in [3.05, 3.63) is 32.6 Å². The second-order valence-corrected chi connectivity index (χ2v) is 4.64. The van der Waals surface area contributed by atoms with Crippen LogP contribution in [0.15, 0.2) is 15.8 Å². The van der Waals surface area contributed by atoms with Gasteiger partial charge in [0.2, 0.25) is 0 Å². The molecular weight excluding hydrogens is 272 g/mol. The number of hydrogen-bond donors (Lipinski definition) is 4. The molecule has 0 unspecified atom stereocenters. The van der Waals surface area contributed by atoms with E-state index in [1.807, 2.05) is 4.98 Å². The highest BCUT2D eigenvalue weighted by molar-refractivity contribution is 5.75. The van der Waals surface area contributed by atoms with Gasteiger partial charge in [-0.05, 0) is 6.92 Å². The van der Waals surface area contributed by atoms with Crippen molar-refractivity contribution >= 4 is 5.97 Å². The fraction of sp³-hybridized carbons (Fsp3) is 0.545. The minimum Gasteiger partial charge on any atom is -0.478 e. The van der Waals surface area contributed by atoms with Crippen molar-refractivity contribution in [3.63, 3.8) is 0 Å². The van der Waals surface area contributed by atoms with Gasteiger partial charge >= 0.3 is 11.7 Å². The van der Waals surface area contributed by atoms with Crippen LogP contribution in [0.5, 0.6) is 0 Å². The van der Waals surface area contributed by atoms with Crippen molar-refractivity contribution in [2.45, 2.75) is 31.3 Å². The summed E-state index contributed by atoms with van der Waals surface area (Å²) >= 11 is 0. The predicted molar refractivity (Wildman–Crippen MR) is 64.3 cm³/mol. The molecule has 1 aliphatic heterocycles. The minimum absolute atomic E-state index is 0.121. The second kappa shape index (κ2) is 4.85. The van der Waals surface area contributed by atoms with E-state index in [1.165, 1.54) is 6.92 Å². The summed E-state index contributed by atoms with van der Waals surface area (Å²) in [6.45, 7) is 0.812. The molecular formula is C11H14N2O7. The molecule has 4 N–H and O–H groups in total. The number of carboxylic acid groups (broad SMARTS) is 1. The van der Waals surface area contributed by atoms with E-state index in [4.69, 9.17) is 9.84 Å². The number of carboxylic acids is 1. The monoisotopic (exact) mass is 286 g/mol. The summed E-state index contributed by atoms with van der Waals surface area (Å²) in [7, 11) is 0. The molecule has 0 spiro atoms. The average molecular weight is 286 g/mol. The first-order chi connectivity index (χ1) is 9.31. The molecule has 3 atom stereocenters. The molecule has 2 rings (SSSR count). The van der Waals surface area contributed by atoms with Crippen LogP contribution in [0.3, 0.4) is 0 Å². The van der Waals surface area contributed by atoms with Crippen molar-refractivity contribution in [2.75, 3.05) is 6.61 Å². The molecule has 1 aromatic rings. The van der Waals surface area contributed by atoms with Gasteiger partial charge in [0, 0.05) is 18.2 Å². The van der Waals surface area contributed by atoms with Crippen LogP contribution >= 0.6 is 0 Å². The Morgan fingerprint density at radius 1 is 1.60 bits per heavy atom.